The maximum atomic E-state index is 13.4. The minimum atomic E-state index is -6.22. The van der Waals surface area contributed by atoms with E-state index >= 15 is 0 Å². The third-order valence-electron chi connectivity index (χ3n) is 6.83. The van der Waals surface area contributed by atoms with Gasteiger partial charge in [-0.25, -0.2) is 0 Å². The lowest BCUT2D eigenvalue weighted by Gasteiger charge is -2.38. The van der Waals surface area contributed by atoms with Crippen LogP contribution >= 0.6 is 0 Å². The predicted molar refractivity (Wildman–Crippen MR) is 91.0 cm³/mol. The highest BCUT2D eigenvalue weighted by atomic mass is 19.4. The van der Waals surface area contributed by atoms with Crippen molar-refractivity contribution in [3.05, 3.63) is 0 Å². The molecule has 0 atom stereocenters. The van der Waals surface area contributed by atoms with Gasteiger partial charge in [-0.05, 0) is 55.8 Å². The van der Waals surface area contributed by atoms with Gasteiger partial charge < -0.3 is 0 Å². The molecule has 2 aliphatic carbocycles. The van der Waals surface area contributed by atoms with Crippen LogP contribution in [0.5, 0.6) is 0 Å². The summed E-state index contributed by atoms with van der Waals surface area (Å²) in [5, 5.41) is 0. The molecule has 0 unspecified atom stereocenters. The van der Waals surface area contributed by atoms with Crippen LogP contribution in [0.2, 0.25) is 0 Å². The number of hydrogen-bond donors (Lipinski definition) is 0. The second kappa shape index (κ2) is 8.89. The van der Waals surface area contributed by atoms with Gasteiger partial charge in [0.1, 0.15) is 0 Å². The Kier molecular flexibility index (Phi) is 7.51. The predicted octanol–water partition coefficient (Wildman–Crippen LogP) is 8.01. The number of rotatable bonds is 7. The monoisotopic (exact) mass is 404 g/mol. The molecule has 2 rings (SSSR count). The van der Waals surface area contributed by atoms with Crippen molar-refractivity contribution in [2.45, 2.75) is 102 Å². The van der Waals surface area contributed by atoms with Gasteiger partial charge in [0.15, 0.2) is 0 Å². The van der Waals surface area contributed by atoms with Gasteiger partial charge in [0.25, 0.3) is 0 Å². The Morgan fingerprint density at radius 1 is 0.630 bits per heavy atom. The van der Waals surface area contributed by atoms with Crippen molar-refractivity contribution in [3.63, 3.8) is 0 Å². The number of alkyl halides is 7. The van der Waals surface area contributed by atoms with Crippen LogP contribution in [0.25, 0.3) is 0 Å². The fraction of sp³-hybridized carbons (Fsp3) is 1.00. The molecule has 27 heavy (non-hydrogen) atoms. The zero-order valence-corrected chi connectivity index (χ0v) is 15.9. The minimum Gasteiger partial charge on any atom is -0.200 e. The van der Waals surface area contributed by atoms with Gasteiger partial charge >= 0.3 is 18.0 Å². The highest BCUT2D eigenvalue weighted by molar-refractivity contribution is 4.92. The standard InChI is InChI=1S/C20H31F7/c1-2-3-14-4-8-16(9-5-14)17-10-6-15(7-11-17)12-13-18(21,22)19(23,24)20(25,26)27/h14-17H,2-13H2,1H3. The van der Waals surface area contributed by atoms with Gasteiger partial charge in [-0.1, -0.05) is 45.4 Å². The highest BCUT2D eigenvalue weighted by Crippen LogP contribution is 2.50. The molecule has 0 aliphatic heterocycles. The van der Waals surface area contributed by atoms with Gasteiger partial charge in [0.2, 0.25) is 0 Å². The first kappa shape index (κ1) is 22.8. The lowest BCUT2D eigenvalue weighted by Crippen LogP contribution is -2.52. The van der Waals surface area contributed by atoms with Gasteiger partial charge in [-0.3, -0.25) is 0 Å². The minimum absolute atomic E-state index is 0.174. The van der Waals surface area contributed by atoms with Crippen molar-refractivity contribution in [1.29, 1.82) is 0 Å². The molecule has 2 aliphatic rings. The van der Waals surface area contributed by atoms with Crippen LogP contribution in [0.4, 0.5) is 30.7 Å². The Balaban J connectivity index is 1.75. The van der Waals surface area contributed by atoms with E-state index in [1.807, 2.05) is 0 Å². The SMILES string of the molecule is CCCC1CCC(C2CCC(CCC(F)(F)C(F)(F)C(F)(F)F)CC2)CC1. The molecule has 7 heteroatoms. The Hall–Kier alpha value is -0.490. The second-order valence-electron chi connectivity index (χ2n) is 8.67. The third kappa shape index (κ3) is 5.53. The first-order valence-electron chi connectivity index (χ1n) is 10.3. The maximum absolute atomic E-state index is 13.4. The summed E-state index contributed by atoms with van der Waals surface area (Å²) in [5.41, 5.74) is 0. The van der Waals surface area contributed by atoms with E-state index in [2.05, 4.69) is 6.92 Å². The van der Waals surface area contributed by atoms with Crippen LogP contribution in [0.1, 0.15) is 84.0 Å². The van der Waals surface area contributed by atoms with Gasteiger partial charge in [-0.15, -0.1) is 0 Å². The molecule has 0 N–H and O–H groups in total. The molecule has 0 aromatic carbocycles. The molecule has 160 valence electrons. The van der Waals surface area contributed by atoms with Gasteiger partial charge in [-0.2, -0.15) is 30.7 Å². The van der Waals surface area contributed by atoms with Crippen molar-refractivity contribution in [2.75, 3.05) is 0 Å². The largest absolute Gasteiger partial charge is 0.459 e. The third-order valence-corrected chi connectivity index (χ3v) is 6.83. The fourth-order valence-electron chi connectivity index (χ4n) is 5.05. The summed E-state index contributed by atoms with van der Waals surface area (Å²) < 4.78 is 89.4. The lowest BCUT2D eigenvalue weighted by atomic mass is 9.68. The zero-order chi connectivity index (χ0) is 20.3. The quantitative estimate of drug-likeness (QED) is 0.377. The first-order valence-corrected chi connectivity index (χ1v) is 10.3. The molecule has 0 aromatic heterocycles. The van der Waals surface area contributed by atoms with E-state index in [4.69, 9.17) is 0 Å². The van der Waals surface area contributed by atoms with Crippen LogP contribution in [0.15, 0.2) is 0 Å². The molecule has 0 saturated heterocycles. The van der Waals surface area contributed by atoms with Crippen molar-refractivity contribution >= 4 is 0 Å². The topological polar surface area (TPSA) is 0 Å². The Morgan fingerprint density at radius 3 is 1.41 bits per heavy atom. The van der Waals surface area contributed by atoms with E-state index in [9.17, 15) is 30.7 Å². The fourth-order valence-corrected chi connectivity index (χ4v) is 5.05. The summed E-state index contributed by atoms with van der Waals surface area (Å²) in [6.45, 7) is 2.20. The van der Waals surface area contributed by atoms with E-state index in [-0.39, 0.29) is 12.3 Å². The molecule has 0 bridgehead atoms. The van der Waals surface area contributed by atoms with Crippen LogP contribution < -0.4 is 0 Å². The molecule has 2 fully saturated rings. The molecular weight excluding hydrogens is 373 g/mol. The van der Waals surface area contributed by atoms with Crippen LogP contribution in [-0.4, -0.2) is 18.0 Å². The van der Waals surface area contributed by atoms with Crippen molar-refractivity contribution in [3.8, 4) is 0 Å². The molecule has 0 nitrogen and oxygen atoms in total. The summed E-state index contributed by atoms with van der Waals surface area (Å²) in [5.74, 6) is -9.14. The molecule has 0 radical (unpaired) electrons. The van der Waals surface area contributed by atoms with Crippen molar-refractivity contribution in [2.24, 2.45) is 23.7 Å². The number of hydrogen-bond acceptors (Lipinski definition) is 0. The van der Waals surface area contributed by atoms with Crippen molar-refractivity contribution < 1.29 is 30.7 Å². The summed E-state index contributed by atoms with van der Waals surface area (Å²) >= 11 is 0. The molecule has 0 aromatic rings. The van der Waals surface area contributed by atoms with Crippen molar-refractivity contribution in [1.82, 2.24) is 0 Å². The average molecular weight is 404 g/mol. The van der Waals surface area contributed by atoms with E-state index in [0.717, 1.165) is 18.8 Å². The molecule has 0 amide bonds. The summed E-state index contributed by atoms with van der Waals surface area (Å²) in [4.78, 5) is 0. The number of halogens is 7. The average Bonchev–Trinajstić information content (AvgIpc) is 2.60. The summed E-state index contributed by atoms with van der Waals surface area (Å²) in [6, 6.07) is 0. The summed E-state index contributed by atoms with van der Waals surface area (Å²) in [6.07, 6.45) is 2.58. The first-order chi connectivity index (χ1) is 12.5. The van der Waals surface area contributed by atoms with E-state index in [0.29, 0.717) is 24.7 Å². The Labute approximate surface area is 157 Å². The molecule has 0 heterocycles. The van der Waals surface area contributed by atoms with E-state index < -0.39 is 24.4 Å². The Morgan fingerprint density at radius 2 is 1.04 bits per heavy atom. The smallest absolute Gasteiger partial charge is 0.200 e. The summed E-state index contributed by atoms with van der Waals surface area (Å²) in [7, 11) is 0. The van der Waals surface area contributed by atoms with Crippen LogP contribution in [0, 0.1) is 23.7 Å². The lowest BCUT2D eigenvalue weighted by molar-refractivity contribution is -0.356. The molecule has 2 saturated carbocycles. The van der Waals surface area contributed by atoms with Crippen LogP contribution in [-0.2, 0) is 0 Å². The molecule has 0 spiro atoms. The van der Waals surface area contributed by atoms with Gasteiger partial charge in [0.05, 0.1) is 0 Å². The second-order valence-corrected chi connectivity index (χ2v) is 8.67. The normalized spacial score (nSPS) is 31.1. The van der Waals surface area contributed by atoms with E-state index in [1.165, 1.54) is 38.5 Å². The van der Waals surface area contributed by atoms with Crippen LogP contribution in [0.3, 0.4) is 0 Å². The highest BCUT2D eigenvalue weighted by Gasteiger charge is 2.72. The maximum Gasteiger partial charge on any atom is 0.459 e. The van der Waals surface area contributed by atoms with Gasteiger partial charge in [0, 0.05) is 6.42 Å². The zero-order valence-electron chi connectivity index (χ0n) is 15.9. The van der Waals surface area contributed by atoms with E-state index in [1.54, 1.807) is 0 Å². The Bertz CT molecular complexity index is 442. The molecular formula is C20H31F7.